The zero-order valence-electron chi connectivity index (χ0n) is 15.6. The molecule has 0 radical (unpaired) electrons. The fraction of sp³-hybridized carbons (Fsp3) is 0.250. The van der Waals surface area contributed by atoms with Crippen molar-refractivity contribution in [2.75, 3.05) is 13.2 Å². The van der Waals surface area contributed by atoms with Crippen molar-refractivity contribution in [3.63, 3.8) is 0 Å². The average molecular weight is 405 g/mol. The van der Waals surface area contributed by atoms with Crippen molar-refractivity contribution in [1.82, 2.24) is 5.43 Å². The van der Waals surface area contributed by atoms with Gasteiger partial charge in [-0.05, 0) is 60.4 Å². The lowest BCUT2D eigenvalue weighted by atomic mass is 10.1. The van der Waals surface area contributed by atoms with Crippen LogP contribution in [0.15, 0.2) is 41.5 Å². The van der Waals surface area contributed by atoms with E-state index in [1.54, 1.807) is 12.1 Å². The van der Waals surface area contributed by atoms with E-state index in [4.69, 9.17) is 26.2 Å². The van der Waals surface area contributed by atoms with Gasteiger partial charge in [-0.1, -0.05) is 24.6 Å². The summed E-state index contributed by atoms with van der Waals surface area (Å²) in [6.07, 6.45) is 2.30. The number of nitrogens with one attached hydrogen (secondary N) is 1. The van der Waals surface area contributed by atoms with E-state index in [0.29, 0.717) is 11.3 Å². The first kappa shape index (κ1) is 21.2. The molecule has 0 bridgehead atoms. The molecule has 2 aromatic rings. The summed E-state index contributed by atoms with van der Waals surface area (Å²) in [6, 6.07) is 10.5. The lowest BCUT2D eigenvalue weighted by Crippen LogP contribution is -2.24. The van der Waals surface area contributed by atoms with Gasteiger partial charge in [-0.25, -0.2) is 10.2 Å². The number of hydrogen-bond donors (Lipinski definition) is 2. The molecule has 8 heteroatoms. The molecule has 7 nitrogen and oxygen atoms in total. The number of aliphatic carboxylic acids is 1. The number of aryl methyl sites for hydroxylation is 2. The Bertz CT molecular complexity index is 883. The maximum atomic E-state index is 11.9. The molecule has 0 spiro atoms. The summed E-state index contributed by atoms with van der Waals surface area (Å²) in [6.45, 7) is 3.38. The van der Waals surface area contributed by atoms with Crippen LogP contribution in [0, 0.1) is 6.92 Å². The van der Waals surface area contributed by atoms with Gasteiger partial charge in [-0.3, -0.25) is 4.79 Å². The number of carboxylic acid groups (broad SMARTS) is 1. The number of benzene rings is 2. The van der Waals surface area contributed by atoms with E-state index in [-0.39, 0.29) is 17.4 Å². The smallest absolute Gasteiger partial charge is 0.341 e. The Labute approximate surface area is 167 Å². The summed E-state index contributed by atoms with van der Waals surface area (Å²) in [5.41, 5.74) is 5.19. The first-order valence-corrected chi connectivity index (χ1v) is 8.94. The zero-order valence-corrected chi connectivity index (χ0v) is 16.3. The number of halogens is 1. The molecule has 0 aliphatic carbocycles. The number of hydrogen-bond acceptors (Lipinski definition) is 5. The molecule has 0 heterocycles. The summed E-state index contributed by atoms with van der Waals surface area (Å²) in [5.74, 6) is -0.602. The van der Waals surface area contributed by atoms with Gasteiger partial charge in [0.15, 0.2) is 13.2 Å². The van der Waals surface area contributed by atoms with Gasteiger partial charge in [0.2, 0.25) is 0 Å². The molecule has 148 valence electrons. The molecule has 0 aliphatic heterocycles. The van der Waals surface area contributed by atoms with Crippen LogP contribution in [0.1, 0.15) is 23.6 Å². The van der Waals surface area contributed by atoms with Gasteiger partial charge >= 0.3 is 5.97 Å². The minimum Gasteiger partial charge on any atom is -0.484 e. The zero-order chi connectivity index (χ0) is 20.5. The van der Waals surface area contributed by atoms with E-state index in [0.717, 1.165) is 17.5 Å². The molecule has 0 fully saturated rings. The number of nitrogens with zero attached hydrogens (tertiary/aromatic N) is 1. The van der Waals surface area contributed by atoms with Crippen molar-refractivity contribution >= 4 is 29.7 Å². The SMILES string of the molecule is CCc1cc(C)cc(OCC(=O)N/N=C/c2ccc(OCC(=O)O)c(Cl)c2)c1. The van der Waals surface area contributed by atoms with Gasteiger partial charge in [0, 0.05) is 0 Å². The highest BCUT2D eigenvalue weighted by Crippen LogP contribution is 2.24. The minimum atomic E-state index is -1.09. The Morgan fingerprint density at radius 3 is 2.64 bits per heavy atom. The number of rotatable bonds is 9. The lowest BCUT2D eigenvalue weighted by Gasteiger charge is -2.08. The second-order valence-electron chi connectivity index (χ2n) is 5.96. The molecule has 28 heavy (non-hydrogen) atoms. The second-order valence-corrected chi connectivity index (χ2v) is 6.37. The van der Waals surface area contributed by atoms with Gasteiger partial charge in [-0.2, -0.15) is 5.10 Å². The van der Waals surface area contributed by atoms with E-state index in [1.807, 2.05) is 19.1 Å². The largest absolute Gasteiger partial charge is 0.484 e. The molecule has 0 saturated heterocycles. The van der Waals surface area contributed by atoms with Crippen molar-refractivity contribution in [3.05, 3.63) is 58.1 Å². The fourth-order valence-corrected chi connectivity index (χ4v) is 2.57. The first-order valence-electron chi connectivity index (χ1n) is 8.56. The second kappa shape index (κ2) is 10.3. The lowest BCUT2D eigenvalue weighted by molar-refractivity contribution is -0.139. The molecular formula is C20H21ClN2O5. The minimum absolute atomic E-state index is 0.160. The Morgan fingerprint density at radius 2 is 1.96 bits per heavy atom. The molecular weight excluding hydrogens is 384 g/mol. The normalized spacial score (nSPS) is 10.7. The van der Waals surface area contributed by atoms with Crippen LogP contribution < -0.4 is 14.9 Å². The molecule has 0 saturated carbocycles. The molecule has 0 aromatic heterocycles. The standard InChI is InChI=1S/C20H21ClN2O5/c1-3-14-6-13(2)7-16(8-14)27-11-19(24)23-22-10-15-4-5-18(17(21)9-15)28-12-20(25)26/h4-10H,3,11-12H2,1-2H3,(H,23,24)(H,25,26)/b22-10+. The molecule has 0 atom stereocenters. The predicted octanol–water partition coefficient (Wildman–Crippen LogP) is 3.20. The van der Waals surface area contributed by atoms with Crippen LogP contribution in [0.2, 0.25) is 5.02 Å². The maximum Gasteiger partial charge on any atom is 0.341 e. The number of hydrazone groups is 1. The van der Waals surface area contributed by atoms with Gasteiger partial charge in [0.05, 0.1) is 11.2 Å². The van der Waals surface area contributed by atoms with Crippen molar-refractivity contribution in [1.29, 1.82) is 0 Å². The molecule has 0 unspecified atom stereocenters. The van der Waals surface area contributed by atoms with Crippen LogP contribution in [0.5, 0.6) is 11.5 Å². The van der Waals surface area contributed by atoms with Crippen molar-refractivity contribution in [2.24, 2.45) is 5.10 Å². The Hall–Kier alpha value is -3.06. The topological polar surface area (TPSA) is 97.2 Å². The van der Waals surface area contributed by atoms with Gasteiger partial charge < -0.3 is 14.6 Å². The van der Waals surface area contributed by atoms with Gasteiger partial charge in [-0.15, -0.1) is 0 Å². The van der Waals surface area contributed by atoms with Crippen LogP contribution in [0.25, 0.3) is 0 Å². The first-order chi connectivity index (χ1) is 13.4. The highest BCUT2D eigenvalue weighted by molar-refractivity contribution is 6.32. The summed E-state index contributed by atoms with van der Waals surface area (Å²) < 4.78 is 10.5. The Morgan fingerprint density at radius 1 is 1.18 bits per heavy atom. The third kappa shape index (κ3) is 6.92. The molecule has 2 N–H and O–H groups in total. The maximum absolute atomic E-state index is 11.9. The van der Waals surface area contributed by atoms with Gasteiger partial charge in [0.1, 0.15) is 11.5 Å². The number of ether oxygens (including phenoxy) is 2. The predicted molar refractivity (Wildman–Crippen MR) is 106 cm³/mol. The number of carbonyl (C=O) groups is 2. The van der Waals surface area contributed by atoms with Crippen molar-refractivity contribution in [3.8, 4) is 11.5 Å². The van der Waals surface area contributed by atoms with Gasteiger partial charge in [0.25, 0.3) is 5.91 Å². The van der Waals surface area contributed by atoms with E-state index in [1.165, 1.54) is 12.3 Å². The number of amides is 1. The average Bonchev–Trinajstić information content (AvgIpc) is 2.65. The molecule has 1 amide bonds. The van der Waals surface area contributed by atoms with Crippen LogP contribution >= 0.6 is 11.6 Å². The Kier molecular flexibility index (Phi) is 7.83. The summed E-state index contributed by atoms with van der Waals surface area (Å²) in [4.78, 5) is 22.4. The monoisotopic (exact) mass is 404 g/mol. The third-order valence-electron chi connectivity index (χ3n) is 3.60. The highest BCUT2D eigenvalue weighted by atomic mass is 35.5. The van der Waals surface area contributed by atoms with Crippen LogP contribution in [-0.2, 0) is 16.0 Å². The number of carbonyl (C=O) groups excluding carboxylic acids is 1. The summed E-state index contributed by atoms with van der Waals surface area (Å²) >= 11 is 6.02. The molecule has 2 aromatic carbocycles. The van der Waals surface area contributed by atoms with Crippen molar-refractivity contribution < 1.29 is 24.2 Å². The highest BCUT2D eigenvalue weighted by Gasteiger charge is 2.06. The fourth-order valence-electron chi connectivity index (χ4n) is 2.33. The quantitative estimate of drug-likeness (QED) is 0.494. The molecule has 2 rings (SSSR count). The van der Waals surface area contributed by atoms with Crippen LogP contribution in [-0.4, -0.2) is 36.4 Å². The summed E-state index contributed by atoms with van der Waals surface area (Å²) in [7, 11) is 0. The van der Waals surface area contributed by atoms with E-state index < -0.39 is 18.5 Å². The third-order valence-corrected chi connectivity index (χ3v) is 3.89. The number of carboxylic acids is 1. The van der Waals surface area contributed by atoms with Crippen molar-refractivity contribution in [2.45, 2.75) is 20.3 Å². The Balaban J connectivity index is 1.85. The van der Waals surface area contributed by atoms with Crippen LogP contribution in [0.3, 0.4) is 0 Å². The van der Waals surface area contributed by atoms with E-state index in [9.17, 15) is 9.59 Å². The summed E-state index contributed by atoms with van der Waals surface area (Å²) in [5, 5.41) is 12.7. The van der Waals surface area contributed by atoms with Crippen LogP contribution in [0.4, 0.5) is 0 Å². The van der Waals surface area contributed by atoms with E-state index in [2.05, 4.69) is 23.5 Å². The molecule has 0 aliphatic rings. The van der Waals surface area contributed by atoms with E-state index >= 15 is 0 Å².